The van der Waals surface area contributed by atoms with Crippen LogP contribution in [0.3, 0.4) is 0 Å². The third kappa shape index (κ3) is 3.24. The van der Waals surface area contributed by atoms with Crippen LogP contribution in [0.25, 0.3) is 10.9 Å². The number of nitrogens with zero attached hydrogens (tertiary/aromatic N) is 2. The molecule has 1 fully saturated rings. The summed E-state index contributed by atoms with van der Waals surface area (Å²) in [6.07, 6.45) is 4.44. The molecule has 0 bridgehead atoms. The molecule has 1 aromatic heterocycles. The molecular formula is C20H19ClN2. The second-order valence-corrected chi connectivity index (χ2v) is 6.64. The van der Waals surface area contributed by atoms with E-state index in [2.05, 4.69) is 46.3 Å². The van der Waals surface area contributed by atoms with Crippen LogP contribution >= 0.6 is 11.6 Å². The number of hydrogen-bond acceptors (Lipinski definition) is 2. The molecule has 3 heteroatoms. The van der Waals surface area contributed by atoms with Crippen LogP contribution in [0.15, 0.2) is 60.8 Å². The first-order valence-electron chi connectivity index (χ1n) is 8.11. The van der Waals surface area contributed by atoms with Gasteiger partial charge in [-0.3, -0.25) is 9.88 Å². The van der Waals surface area contributed by atoms with Gasteiger partial charge in [0.1, 0.15) is 0 Å². The highest BCUT2D eigenvalue weighted by Gasteiger charge is 2.29. The molecule has 3 aromatic rings. The highest BCUT2D eigenvalue weighted by molar-refractivity contribution is 6.35. The molecule has 0 spiro atoms. The Labute approximate surface area is 141 Å². The van der Waals surface area contributed by atoms with Crippen molar-refractivity contribution in [2.75, 3.05) is 0 Å². The number of rotatable bonds is 5. The van der Waals surface area contributed by atoms with E-state index in [4.69, 9.17) is 11.6 Å². The van der Waals surface area contributed by atoms with Gasteiger partial charge in [-0.25, -0.2) is 0 Å². The SMILES string of the molecule is Clc1ccc(CN(Cc2ccccc2)C2CC2)c2ncccc12. The van der Waals surface area contributed by atoms with Crippen molar-refractivity contribution in [2.24, 2.45) is 0 Å². The van der Waals surface area contributed by atoms with Gasteiger partial charge in [-0.05, 0) is 42.2 Å². The maximum Gasteiger partial charge on any atom is 0.0761 e. The van der Waals surface area contributed by atoms with Crippen molar-refractivity contribution in [2.45, 2.75) is 32.0 Å². The minimum absolute atomic E-state index is 0.699. The molecular weight excluding hydrogens is 304 g/mol. The molecule has 2 aromatic carbocycles. The molecule has 2 nitrogen and oxygen atoms in total. The van der Waals surface area contributed by atoms with E-state index in [1.54, 1.807) is 0 Å². The molecule has 0 unspecified atom stereocenters. The van der Waals surface area contributed by atoms with Gasteiger partial charge in [0.2, 0.25) is 0 Å². The van der Waals surface area contributed by atoms with Crippen molar-refractivity contribution >= 4 is 22.5 Å². The van der Waals surface area contributed by atoms with Crippen LogP contribution in [-0.4, -0.2) is 15.9 Å². The Morgan fingerprint density at radius 3 is 2.57 bits per heavy atom. The van der Waals surface area contributed by atoms with Gasteiger partial charge < -0.3 is 0 Å². The average Bonchev–Trinajstić information content (AvgIpc) is 3.43. The van der Waals surface area contributed by atoms with Gasteiger partial charge in [-0.15, -0.1) is 0 Å². The van der Waals surface area contributed by atoms with Crippen LogP contribution in [0.1, 0.15) is 24.0 Å². The molecule has 23 heavy (non-hydrogen) atoms. The summed E-state index contributed by atoms with van der Waals surface area (Å²) >= 11 is 6.32. The zero-order valence-electron chi connectivity index (χ0n) is 13.0. The van der Waals surface area contributed by atoms with E-state index in [-0.39, 0.29) is 0 Å². The second kappa shape index (κ2) is 6.31. The van der Waals surface area contributed by atoms with E-state index in [1.165, 1.54) is 24.0 Å². The zero-order valence-corrected chi connectivity index (χ0v) is 13.7. The van der Waals surface area contributed by atoms with Gasteiger partial charge in [0, 0.05) is 35.7 Å². The van der Waals surface area contributed by atoms with Gasteiger partial charge in [-0.2, -0.15) is 0 Å². The normalized spacial score (nSPS) is 14.5. The molecule has 1 aliphatic carbocycles. The standard InChI is InChI=1S/C20H19ClN2/c21-19-11-8-16(20-18(19)7-4-12-22-20)14-23(17-9-10-17)13-15-5-2-1-3-6-15/h1-8,11-12,17H,9-10,13-14H2. The number of pyridine rings is 1. The molecule has 0 N–H and O–H groups in total. The predicted octanol–water partition coefficient (Wildman–Crippen LogP) is 5.05. The first-order chi connectivity index (χ1) is 11.3. The molecule has 1 saturated carbocycles. The molecule has 0 aliphatic heterocycles. The van der Waals surface area contributed by atoms with Crippen molar-refractivity contribution in [3.63, 3.8) is 0 Å². The molecule has 0 amide bonds. The minimum Gasteiger partial charge on any atom is -0.292 e. The van der Waals surface area contributed by atoms with Gasteiger partial charge in [0.25, 0.3) is 0 Å². The van der Waals surface area contributed by atoms with Gasteiger partial charge in [0.05, 0.1) is 5.52 Å². The van der Waals surface area contributed by atoms with Crippen molar-refractivity contribution in [3.05, 3.63) is 76.9 Å². The Bertz CT molecular complexity index is 812. The lowest BCUT2D eigenvalue weighted by atomic mass is 10.1. The lowest BCUT2D eigenvalue weighted by Gasteiger charge is -2.23. The fraction of sp³-hybridized carbons (Fsp3) is 0.250. The zero-order chi connectivity index (χ0) is 15.6. The molecule has 0 radical (unpaired) electrons. The molecule has 1 aliphatic rings. The highest BCUT2D eigenvalue weighted by Crippen LogP contribution is 2.32. The maximum absolute atomic E-state index is 6.32. The molecule has 4 rings (SSSR count). The fourth-order valence-electron chi connectivity index (χ4n) is 3.11. The van der Waals surface area contributed by atoms with E-state index in [9.17, 15) is 0 Å². The van der Waals surface area contributed by atoms with Gasteiger partial charge >= 0.3 is 0 Å². The van der Waals surface area contributed by atoms with Crippen LogP contribution in [-0.2, 0) is 13.1 Å². The highest BCUT2D eigenvalue weighted by atomic mass is 35.5. The Morgan fingerprint density at radius 1 is 0.957 bits per heavy atom. The van der Waals surface area contributed by atoms with Gasteiger partial charge in [-0.1, -0.05) is 48.0 Å². The van der Waals surface area contributed by atoms with Crippen molar-refractivity contribution in [3.8, 4) is 0 Å². The first-order valence-corrected chi connectivity index (χ1v) is 8.49. The summed E-state index contributed by atoms with van der Waals surface area (Å²) < 4.78 is 0. The smallest absolute Gasteiger partial charge is 0.0761 e. The van der Waals surface area contributed by atoms with Crippen LogP contribution in [0.4, 0.5) is 0 Å². The Balaban J connectivity index is 1.64. The lowest BCUT2D eigenvalue weighted by molar-refractivity contribution is 0.246. The molecule has 1 heterocycles. The monoisotopic (exact) mass is 322 g/mol. The third-order valence-electron chi connectivity index (χ3n) is 4.47. The van der Waals surface area contributed by atoms with Crippen LogP contribution in [0.2, 0.25) is 5.02 Å². The van der Waals surface area contributed by atoms with Crippen molar-refractivity contribution in [1.29, 1.82) is 0 Å². The molecule has 116 valence electrons. The summed E-state index contributed by atoms with van der Waals surface area (Å²) in [4.78, 5) is 7.13. The maximum atomic E-state index is 6.32. The third-order valence-corrected chi connectivity index (χ3v) is 4.79. The number of benzene rings is 2. The summed E-state index contributed by atoms with van der Waals surface area (Å²) in [7, 11) is 0. The number of hydrogen-bond donors (Lipinski definition) is 0. The topological polar surface area (TPSA) is 16.1 Å². The lowest BCUT2D eigenvalue weighted by Crippen LogP contribution is -2.25. The van der Waals surface area contributed by atoms with E-state index in [0.717, 1.165) is 29.0 Å². The second-order valence-electron chi connectivity index (χ2n) is 6.23. The number of fused-ring (bicyclic) bond motifs is 1. The minimum atomic E-state index is 0.699. The number of aromatic nitrogens is 1. The first kappa shape index (κ1) is 14.7. The van der Waals surface area contributed by atoms with Crippen molar-refractivity contribution in [1.82, 2.24) is 9.88 Å². The van der Waals surface area contributed by atoms with E-state index in [0.29, 0.717) is 6.04 Å². The van der Waals surface area contributed by atoms with Crippen LogP contribution in [0.5, 0.6) is 0 Å². The Morgan fingerprint density at radius 2 is 1.78 bits per heavy atom. The van der Waals surface area contributed by atoms with Crippen LogP contribution < -0.4 is 0 Å². The Kier molecular flexibility index (Phi) is 4.02. The number of halogens is 1. The quantitative estimate of drug-likeness (QED) is 0.653. The molecule has 0 saturated heterocycles. The predicted molar refractivity (Wildman–Crippen MR) is 95.5 cm³/mol. The van der Waals surface area contributed by atoms with Crippen LogP contribution in [0, 0.1) is 0 Å². The van der Waals surface area contributed by atoms with E-state index in [1.807, 2.05) is 24.4 Å². The Hall–Kier alpha value is -1.90. The fourth-order valence-corrected chi connectivity index (χ4v) is 3.33. The van der Waals surface area contributed by atoms with E-state index >= 15 is 0 Å². The van der Waals surface area contributed by atoms with E-state index < -0.39 is 0 Å². The summed E-state index contributed by atoms with van der Waals surface area (Å²) in [6, 6.07) is 19.5. The van der Waals surface area contributed by atoms with Gasteiger partial charge in [0.15, 0.2) is 0 Å². The summed E-state index contributed by atoms with van der Waals surface area (Å²) in [5, 5.41) is 1.82. The summed E-state index contributed by atoms with van der Waals surface area (Å²) in [5.74, 6) is 0. The largest absolute Gasteiger partial charge is 0.292 e. The summed E-state index contributed by atoms with van der Waals surface area (Å²) in [5.41, 5.74) is 3.65. The van der Waals surface area contributed by atoms with Crippen molar-refractivity contribution < 1.29 is 0 Å². The summed E-state index contributed by atoms with van der Waals surface area (Å²) in [6.45, 7) is 1.91. The average molecular weight is 323 g/mol. The molecule has 0 atom stereocenters.